The highest BCUT2D eigenvalue weighted by Crippen LogP contribution is 2.11. The standard InChI is InChI=1S/C12H16N2O5/c1-4-18-11(16)8(12(17)19-5-2)9(15)10-13-6-7-14(10)3/h6-8H,4-5H2,1-3H3. The van der Waals surface area contributed by atoms with E-state index in [1.54, 1.807) is 27.1 Å². The summed E-state index contributed by atoms with van der Waals surface area (Å²) in [7, 11) is 1.59. The maximum Gasteiger partial charge on any atom is 0.328 e. The zero-order valence-corrected chi connectivity index (χ0v) is 11.1. The van der Waals surface area contributed by atoms with Gasteiger partial charge in [0, 0.05) is 19.4 Å². The van der Waals surface area contributed by atoms with E-state index >= 15 is 0 Å². The van der Waals surface area contributed by atoms with Crippen LogP contribution in [0.2, 0.25) is 0 Å². The van der Waals surface area contributed by atoms with Crippen LogP contribution in [0.25, 0.3) is 0 Å². The number of ketones is 1. The molecule has 0 atom stereocenters. The summed E-state index contributed by atoms with van der Waals surface area (Å²) in [6, 6.07) is 0. The number of carbonyl (C=O) groups is 3. The van der Waals surface area contributed by atoms with E-state index in [-0.39, 0.29) is 19.0 Å². The van der Waals surface area contributed by atoms with Gasteiger partial charge in [-0.2, -0.15) is 0 Å². The Balaban J connectivity index is 3.03. The first-order valence-corrected chi connectivity index (χ1v) is 5.87. The van der Waals surface area contributed by atoms with Gasteiger partial charge in [-0.25, -0.2) is 4.98 Å². The van der Waals surface area contributed by atoms with E-state index in [2.05, 4.69) is 4.98 Å². The van der Waals surface area contributed by atoms with Crippen LogP contribution in [0.15, 0.2) is 12.4 Å². The van der Waals surface area contributed by atoms with Crippen molar-refractivity contribution in [2.75, 3.05) is 13.2 Å². The monoisotopic (exact) mass is 268 g/mol. The number of carbonyl (C=O) groups excluding carboxylic acids is 3. The van der Waals surface area contributed by atoms with Crippen molar-refractivity contribution in [3.8, 4) is 0 Å². The number of aryl methyl sites for hydroxylation is 1. The van der Waals surface area contributed by atoms with Crippen molar-refractivity contribution in [3.05, 3.63) is 18.2 Å². The molecule has 0 aliphatic heterocycles. The number of hydrogen-bond donors (Lipinski definition) is 0. The van der Waals surface area contributed by atoms with Gasteiger partial charge in [-0.15, -0.1) is 0 Å². The molecule has 0 unspecified atom stereocenters. The van der Waals surface area contributed by atoms with Crippen LogP contribution in [-0.4, -0.2) is 40.5 Å². The smallest absolute Gasteiger partial charge is 0.328 e. The van der Waals surface area contributed by atoms with E-state index in [4.69, 9.17) is 9.47 Å². The Hall–Kier alpha value is -2.18. The van der Waals surface area contributed by atoms with Gasteiger partial charge in [0.2, 0.25) is 11.7 Å². The quantitative estimate of drug-likeness (QED) is 0.420. The summed E-state index contributed by atoms with van der Waals surface area (Å²) in [5, 5.41) is 0. The second kappa shape index (κ2) is 6.67. The van der Waals surface area contributed by atoms with Crippen LogP contribution < -0.4 is 0 Å². The predicted molar refractivity (Wildman–Crippen MR) is 64.3 cm³/mol. The molecule has 1 aromatic rings. The lowest BCUT2D eigenvalue weighted by Crippen LogP contribution is -2.36. The van der Waals surface area contributed by atoms with Gasteiger partial charge in [0.25, 0.3) is 0 Å². The van der Waals surface area contributed by atoms with E-state index in [1.165, 1.54) is 10.8 Å². The summed E-state index contributed by atoms with van der Waals surface area (Å²) in [6.45, 7) is 3.32. The molecule has 0 saturated heterocycles. The van der Waals surface area contributed by atoms with Crippen LogP contribution in [-0.2, 0) is 26.1 Å². The van der Waals surface area contributed by atoms with Gasteiger partial charge in [-0.3, -0.25) is 14.4 Å². The summed E-state index contributed by atoms with van der Waals surface area (Å²) in [5.74, 6) is -4.19. The number of hydrogen-bond acceptors (Lipinski definition) is 6. The van der Waals surface area contributed by atoms with Crippen LogP contribution in [0.5, 0.6) is 0 Å². The van der Waals surface area contributed by atoms with Crippen LogP contribution in [0.1, 0.15) is 24.5 Å². The summed E-state index contributed by atoms with van der Waals surface area (Å²) in [4.78, 5) is 39.4. The normalized spacial score (nSPS) is 10.3. The number of rotatable bonds is 6. The minimum Gasteiger partial charge on any atom is -0.465 e. The van der Waals surface area contributed by atoms with E-state index in [0.717, 1.165) is 0 Å². The molecule has 0 saturated carbocycles. The highest BCUT2D eigenvalue weighted by molar-refractivity contribution is 6.19. The highest BCUT2D eigenvalue weighted by Gasteiger charge is 2.39. The van der Waals surface area contributed by atoms with Gasteiger partial charge in [0.05, 0.1) is 13.2 Å². The molecule has 1 aromatic heterocycles. The van der Waals surface area contributed by atoms with Gasteiger partial charge >= 0.3 is 11.9 Å². The Bertz CT molecular complexity index is 462. The second-order valence-corrected chi connectivity index (χ2v) is 3.66. The molecule has 0 aromatic carbocycles. The molecule has 0 bridgehead atoms. The lowest BCUT2D eigenvalue weighted by atomic mass is 10.0. The third kappa shape index (κ3) is 3.40. The number of nitrogens with zero attached hydrogens (tertiary/aromatic N) is 2. The zero-order valence-electron chi connectivity index (χ0n) is 11.1. The molecule has 1 rings (SSSR count). The van der Waals surface area contributed by atoms with Crippen LogP contribution in [0.3, 0.4) is 0 Å². The molecule has 7 nitrogen and oxygen atoms in total. The minimum atomic E-state index is -1.62. The molecule has 0 aliphatic carbocycles. The van der Waals surface area contributed by atoms with Gasteiger partial charge in [0.1, 0.15) is 0 Å². The number of esters is 2. The Morgan fingerprint density at radius 1 is 1.21 bits per heavy atom. The molecule has 0 spiro atoms. The van der Waals surface area contributed by atoms with E-state index in [9.17, 15) is 14.4 Å². The van der Waals surface area contributed by atoms with Crippen LogP contribution in [0, 0.1) is 5.92 Å². The predicted octanol–water partition coefficient (Wildman–Crippen LogP) is 0.345. The molecular formula is C12H16N2O5. The summed E-state index contributed by atoms with van der Waals surface area (Å²) in [5.41, 5.74) is 0. The summed E-state index contributed by atoms with van der Waals surface area (Å²) in [6.07, 6.45) is 2.95. The summed E-state index contributed by atoms with van der Waals surface area (Å²) >= 11 is 0. The maximum absolute atomic E-state index is 12.2. The first-order chi connectivity index (χ1) is 9.02. The zero-order chi connectivity index (χ0) is 14.4. The van der Waals surface area contributed by atoms with Crippen molar-refractivity contribution in [2.45, 2.75) is 13.8 Å². The second-order valence-electron chi connectivity index (χ2n) is 3.66. The maximum atomic E-state index is 12.2. The van der Waals surface area contributed by atoms with E-state index < -0.39 is 23.6 Å². The third-order valence-corrected chi connectivity index (χ3v) is 2.35. The molecule has 0 radical (unpaired) electrons. The Kier molecular flexibility index (Phi) is 5.23. The molecule has 19 heavy (non-hydrogen) atoms. The van der Waals surface area contributed by atoms with Crippen LogP contribution in [0.4, 0.5) is 0 Å². The van der Waals surface area contributed by atoms with Crippen molar-refractivity contribution in [1.29, 1.82) is 0 Å². The summed E-state index contributed by atoms with van der Waals surface area (Å²) < 4.78 is 10.9. The molecule has 7 heteroatoms. The highest BCUT2D eigenvalue weighted by atomic mass is 16.6. The Morgan fingerprint density at radius 3 is 2.11 bits per heavy atom. The van der Waals surface area contributed by atoms with Gasteiger partial charge in [-0.05, 0) is 13.8 Å². The molecule has 0 aliphatic rings. The number of Topliss-reactive ketones (excluding diaryl/α,β-unsaturated/α-hetero) is 1. The Morgan fingerprint density at radius 2 is 1.74 bits per heavy atom. The van der Waals surface area contributed by atoms with Crippen molar-refractivity contribution in [2.24, 2.45) is 13.0 Å². The van der Waals surface area contributed by atoms with Gasteiger partial charge in [-0.1, -0.05) is 0 Å². The largest absolute Gasteiger partial charge is 0.465 e. The molecule has 0 N–H and O–H groups in total. The third-order valence-electron chi connectivity index (χ3n) is 2.35. The van der Waals surface area contributed by atoms with E-state index in [1.807, 2.05) is 0 Å². The molecule has 1 heterocycles. The lowest BCUT2D eigenvalue weighted by Gasteiger charge is -2.13. The Labute approximate surface area is 110 Å². The number of aromatic nitrogens is 2. The first-order valence-electron chi connectivity index (χ1n) is 5.87. The average molecular weight is 268 g/mol. The lowest BCUT2D eigenvalue weighted by molar-refractivity contribution is -0.158. The fourth-order valence-corrected chi connectivity index (χ4v) is 1.49. The molecule has 0 fully saturated rings. The average Bonchev–Trinajstić information content (AvgIpc) is 2.76. The van der Waals surface area contributed by atoms with Crippen LogP contribution >= 0.6 is 0 Å². The molecular weight excluding hydrogens is 252 g/mol. The number of imidazole rings is 1. The van der Waals surface area contributed by atoms with Crippen molar-refractivity contribution >= 4 is 17.7 Å². The van der Waals surface area contributed by atoms with Crippen molar-refractivity contribution in [3.63, 3.8) is 0 Å². The van der Waals surface area contributed by atoms with Gasteiger partial charge in [0.15, 0.2) is 5.82 Å². The number of ether oxygens (including phenoxy) is 2. The fourth-order valence-electron chi connectivity index (χ4n) is 1.49. The fraction of sp³-hybridized carbons (Fsp3) is 0.500. The SMILES string of the molecule is CCOC(=O)C(C(=O)OCC)C(=O)c1nccn1C. The first kappa shape index (κ1) is 14.9. The molecule has 0 amide bonds. The van der Waals surface area contributed by atoms with E-state index in [0.29, 0.717) is 0 Å². The van der Waals surface area contributed by atoms with Crippen molar-refractivity contribution < 1.29 is 23.9 Å². The topological polar surface area (TPSA) is 87.5 Å². The van der Waals surface area contributed by atoms with Gasteiger partial charge < -0.3 is 14.0 Å². The van der Waals surface area contributed by atoms with Crippen molar-refractivity contribution in [1.82, 2.24) is 9.55 Å². The minimum absolute atomic E-state index is 0.00565. The molecule has 104 valence electrons.